The predicted molar refractivity (Wildman–Crippen MR) is 79.7 cm³/mol. The smallest absolute Gasteiger partial charge is 0.118 e. The Bertz CT molecular complexity index is 383. The maximum atomic E-state index is 5.33. The number of benzene rings is 1. The van der Waals surface area contributed by atoms with Crippen molar-refractivity contribution in [3.63, 3.8) is 0 Å². The first-order valence-electron chi connectivity index (χ1n) is 7.26. The van der Waals surface area contributed by atoms with Gasteiger partial charge in [0.25, 0.3) is 0 Å². The van der Waals surface area contributed by atoms with Gasteiger partial charge >= 0.3 is 0 Å². The average molecular weight is 279 g/mol. The van der Waals surface area contributed by atoms with Crippen molar-refractivity contribution < 1.29 is 9.47 Å². The molecule has 0 radical (unpaired) electrons. The molecule has 3 N–H and O–H groups in total. The Hall–Kier alpha value is -1.14. The van der Waals surface area contributed by atoms with E-state index in [1.807, 2.05) is 19.1 Å². The van der Waals surface area contributed by atoms with Crippen molar-refractivity contribution in [3.05, 3.63) is 29.8 Å². The van der Waals surface area contributed by atoms with E-state index in [0.29, 0.717) is 12.0 Å². The molecule has 2 rings (SSSR count). The van der Waals surface area contributed by atoms with Crippen molar-refractivity contribution in [2.75, 3.05) is 40.0 Å². The highest BCUT2D eigenvalue weighted by Gasteiger charge is 2.27. The van der Waals surface area contributed by atoms with Crippen LogP contribution >= 0.6 is 0 Å². The van der Waals surface area contributed by atoms with Gasteiger partial charge in [0.1, 0.15) is 5.75 Å². The van der Waals surface area contributed by atoms with Crippen LogP contribution in [0.3, 0.4) is 0 Å². The predicted octanol–water partition coefficient (Wildman–Crippen LogP) is 1.09. The number of hydrogen-bond donors (Lipinski definition) is 3. The van der Waals surface area contributed by atoms with Crippen molar-refractivity contribution >= 4 is 0 Å². The third-order valence-corrected chi connectivity index (χ3v) is 3.60. The fraction of sp³-hybridized carbons (Fsp3) is 0.600. The van der Waals surface area contributed by atoms with Crippen LogP contribution in [0.4, 0.5) is 0 Å². The lowest BCUT2D eigenvalue weighted by Crippen LogP contribution is -2.30. The molecular formula is C15H25N3O2. The SMILES string of the molecule is CCOCCNCC1CNNC1c1ccc(OC)cc1. The van der Waals surface area contributed by atoms with Gasteiger partial charge in [0.05, 0.1) is 19.8 Å². The first-order chi connectivity index (χ1) is 9.85. The molecule has 0 aromatic heterocycles. The fourth-order valence-corrected chi connectivity index (χ4v) is 2.47. The highest BCUT2D eigenvalue weighted by atomic mass is 16.5. The molecule has 0 amide bonds. The average Bonchev–Trinajstić information content (AvgIpc) is 2.95. The molecule has 1 aromatic carbocycles. The lowest BCUT2D eigenvalue weighted by Gasteiger charge is -2.19. The van der Waals surface area contributed by atoms with E-state index in [4.69, 9.17) is 9.47 Å². The van der Waals surface area contributed by atoms with E-state index in [2.05, 4.69) is 28.3 Å². The topological polar surface area (TPSA) is 54.5 Å². The standard InChI is InChI=1S/C15H25N3O2/c1-3-20-9-8-16-10-13-11-17-18-15(13)12-4-6-14(19-2)7-5-12/h4-7,13,15-18H,3,8-11H2,1-2H3. The van der Waals surface area contributed by atoms with Crippen LogP contribution in [0.5, 0.6) is 5.75 Å². The van der Waals surface area contributed by atoms with E-state index in [0.717, 1.165) is 38.6 Å². The lowest BCUT2D eigenvalue weighted by molar-refractivity contribution is 0.148. The minimum Gasteiger partial charge on any atom is -0.497 e. The molecule has 2 atom stereocenters. The molecule has 5 nitrogen and oxygen atoms in total. The zero-order valence-corrected chi connectivity index (χ0v) is 12.3. The molecule has 0 saturated carbocycles. The Labute approximate surface area is 121 Å². The first kappa shape index (κ1) is 15.3. The van der Waals surface area contributed by atoms with Gasteiger partial charge in [-0.1, -0.05) is 12.1 Å². The molecule has 20 heavy (non-hydrogen) atoms. The molecule has 1 aromatic rings. The third-order valence-electron chi connectivity index (χ3n) is 3.60. The minimum absolute atomic E-state index is 0.334. The normalized spacial score (nSPS) is 22.1. The van der Waals surface area contributed by atoms with Crippen LogP contribution in [0.2, 0.25) is 0 Å². The van der Waals surface area contributed by atoms with E-state index in [1.165, 1.54) is 5.56 Å². The van der Waals surface area contributed by atoms with Crippen molar-refractivity contribution in [1.82, 2.24) is 16.2 Å². The summed E-state index contributed by atoms with van der Waals surface area (Å²) in [5.74, 6) is 1.43. The first-order valence-corrected chi connectivity index (χ1v) is 7.26. The Morgan fingerprint density at radius 3 is 2.80 bits per heavy atom. The molecule has 1 fully saturated rings. The van der Waals surface area contributed by atoms with Gasteiger partial charge in [-0.2, -0.15) is 0 Å². The summed E-state index contributed by atoms with van der Waals surface area (Å²) in [6.07, 6.45) is 0. The molecule has 2 unspecified atom stereocenters. The van der Waals surface area contributed by atoms with Gasteiger partial charge < -0.3 is 14.8 Å². The molecule has 0 bridgehead atoms. The highest BCUT2D eigenvalue weighted by molar-refractivity contribution is 5.29. The third kappa shape index (κ3) is 4.18. The van der Waals surface area contributed by atoms with Crippen molar-refractivity contribution in [2.24, 2.45) is 5.92 Å². The molecule has 0 aliphatic carbocycles. The largest absolute Gasteiger partial charge is 0.497 e. The Kier molecular flexibility index (Phi) is 6.26. The van der Waals surface area contributed by atoms with Crippen molar-refractivity contribution in [1.29, 1.82) is 0 Å². The molecule has 1 saturated heterocycles. The van der Waals surface area contributed by atoms with Gasteiger partial charge in [-0.05, 0) is 24.6 Å². The number of methoxy groups -OCH3 is 1. The summed E-state index contributed by atoms with van der Waals surface area (Å²) in [5, 5.41) is 3.45. The number of rotatable bonds is 8. The van der Waals surface area contributed by atoms with Gasteiger partial charge in [-0.3, -0.25) is 5.43 Å². The molecule has 1 heterocycles. The van der Waals surface area contributed by atoms with Crippen molar-refractivity contribution in [2.45, 2.75) is 13.0 Å². The Morgan fingerprint density at radius 1 is 1.30 bits per heavy atom. The minimum atomic E-state index is 0.334. The lowest BCUT2D eigenvalue weighted by atomic mass is 9.95. The second kappa shape index (κ2) is 8.21. The quantitative estimate of drug-likeness (QED) is 0.622. The van der Waals surface area contributed by atoms with Gasteiger partial charge in [0.2, 0.25) is 0 Å². The molecular weight excluding hydrogens is 254 g/mol. The van der Waals surface area contributed by atoms with Crippen LogP contribution in [0.15, 0.2) is 24.3 Å². The van der Waals surface area contributed by atoms with Crippen LogP contribution in [0.25, 0.3) is 0 Å². The van der Waals surface area contributed by atoms with Crippen LogP contribution < -0.4 is 20.9 Å². The summed E-state index contributed by atoms with van der Waals surface area (Å²) in [6, 6.07) is 8.59. The van der Waals surface area contributed by atoms with Gasteiger partial charge in [0, 0.05) is 32.2 Å². The maximum Gasteiger partial charge on any atom is 0.118 e. The molecule has 0 spiro atoms. The molecule has 1 aliphatic heterocycles. The van der Waals surface area contributed by atoms with Crippen LogP contribution in [0.1, 0.15) is 18.5 Å². The molecule has 5 heteroatoms. The second-order valence-corrected chi connectivity index (χ2v) is 4.94. The summed E-state index contributed by atoms with van der Waals surface area (Å²) in [5.41, 5.74) is 7.88. The van der Waals surface area contributed by atoms with Crippen LogP contribution in [0, 0.1) is 5.92 Å². The van der Waals surface area contributed by atoms with E-state index in [-0.39, 0.29) is 0 Å². The fourth-order valence-electron chi connectivity index (χ4n) is 2.47. The van der Waals surface area contributed by atoms with E-state index < -0.39 is 0 Å². The number of nitrogens with one attached hydrogen (secondary N) is 3. The highest BCUT2D eigenvalue weighted by Crippen LogP contribution is 2.25. The number of hydrogen-bond acceptors (Lipinski definition) is 5. The van der Waals surface area contributed by atoms with E-state index in [1.54, 1.807) is 7.11 Å². The Balaban J connectivity index is 1.83. The zero-order chi connectivity index (χ0) is 14.2. The van der Waals surface area contributed by atoms with Gasteiger partial charge in [-0.25, -0.2) is 5.43 Å². The second-order valence-electron chi connectivity index (χ2n) is 4.94. The summed E-state index contributed by atoms with van der Waals surface area (Å²) in [6.45, 7) is 6.42. The maximum absolute atomic E-state index is 5.33. The molecule has 112 valence electrons. The van der Waals surface area contributed by atoms with Crippen molar-refractivity contribution in [3.8, 4) is 5.75 Å². The van der Waals surface area contributed by atoms with E-state index >= 15 is 0 Å². The number of ether oxygens (including phenoxy) is 2. The summed E-state index contributed by atoms with van der Waals surface area (Å²) >= 11 is 0. The van der Waals surface area contributed by atoms with Crippen LogP contribution in [-0.4, -0.2) is 40.0 Å². The zero-order valence-electron chi connectivity index (χ0n) is 12.3. The summed E-state index contributed by atoms with van der Waals surface area (Å²) in [7, 11) is 1.69. The van der Waals surface area contributed by atoms with Crippen LogP contribution in [-0.2, 0) is 4.74 Å². The summed E-state index contributed by atoms with van der Waals surface area (Å²) in [4.78, 5) is 0. The molecule has 1 aliphatic rings. The van der Waals surface area contributed by atoms with Gasteiger partial charge in [-0.15, -0.1) is 0 Å². The Morgan fingerprint density at radius 2 is 2.10 bits per heavy atom. The monoisotopic (exact) mass is 279 g/mol. The summed E-state index contributed by atoms with van der Waals surface area (Å²) < 4.78 is 10.5. The van der Waals surface area contributed by atoms with Gasteiger partial charge in [0.15, 0.2) is 0 Å². The number of hydrazine groups is 1. The van der Waals surface area contributed by atoms with E-state index in [9.17, 15) is 0 Å².